The molecule has 7 aromatic carbocycles. The Morgan fingerprint density at radius 2 is 1.17 bits per heavy atom. The molecule has 0 bridgehead atoms. The number of rotatable bonds is 5. The van der Waals surface area contributed by atoms with Gasteiger partial charge in [0, 0.05) is 33.0 Å². The summed E-state index contributed by atoms with van der Waals surface area (Å²) in [5, 5.41) is 4.43. The van der Waals surface area contributed by atoms with Crippen LogP contribution in [-0.2, 0) is 0 Å². The van der Waals surface area contributed by atoms with Gasteiger partial charge >= 0.3 is 0 Å². The Balaban J connectivity index is 1.13. The Bertz CT molecular complexity index is 2980. The van der Waals surface area contributed by atoms with E-state index in [0.29, 0.717) is 17.5 Å². The fourth-order valence-corrected chi connectivity index (χ4v) is 8.18. The van der Waals surface area contributed by atoms with Gasteiger partial charge in [0.05, 0.1) is 5.92 Å². The van der Waals surface area contributed by atoms with Crippen LogP contribution >= 0.6 is 0 Å². The van der Waals surface area contributed by atoms with Crippen molar-refractivity contribution < 1.29 is 9.15 Å². The van der Waals surface area contributed by atoms with Crippen LogP contribution in [0, 0.1) is 0 Å². The highest BCUT2D eigenvalue weighted by Crippen LogP contribution is 2.48. The first-order valence-corrected chi connectivity index (χ1v) is 18.3. The van der Waals surface area contributed by atoms with Gasteiger partial charge in [0.15, 0.2) is 17.5 Å². The average Bonchev–Trinajstić information content (AvgIpc) is 3.82. The molecular weight excluding hydrogens is 663 g/mol. The summed E-state index contributed by atoms with van der Waals surface area (Å²) >= 11 is 0. The Morgan fingerprint density at radius 3 is 2.06 bits per heavy atom. The maximum absolute atomic E-state index is 6.41. The third-order valence-electron chi connectivity index (χ3n) is 10.7. The minimum Gasteiger partial charge on any atom is -0.485 e. The van der Waals surface area contributed by atoms with Crippen molar-refractivity contribution in [1.82, 2.24) is 15.0 Å². The molecule has 0 fully saturated rings. The summed E-state index contributed by atoms with van der Waals surface area (Å²) in [5.41, 5.74) is 10.2. The first-order chi connectivity index (χ1) is 26.7. The monoisotopic (exact) mass is 693 g/mol. The van der Waals surface area contributed by atoms with Gasteiger partial charge in [-0.05, 0) is 69.4 Å². The van der Waals surface area contributed by atoms with Gasteiger partial charge in [-0.3, -0.25) is 0 Å². The summed E-state index contributed by atoms with van der Waals surface area (Å²) in [5.74, 6) is 2.73. The van der Waals surface area contributed by atoms with Crippen molar-refractivity contribution in [3.8, 4) is 50.8 Å². The third-order valence-corrected chi connectivity index (χ3v) is 10.7. The van der Waals surface area contributed by atoms with Crippen LogP contribution in [0.5, 0.6) is 5.75 Å². The lowest BCUT2D eigenvalue weighted by atomic mass is 9.84. The second-order valence-electron chi connectivity index (χ2n) is 13.9. The fourth-order valence-electron chi connectivity index (χ4n) is 8.18. The van der Waals surface area contributed by atoms with Crippen LogP contribution in [-0.4, -0.2) is 21.1 Å². The summed E-state index contributed by atoms with van der Waals surface area (Å²) in [7, 11) is 0. The minimum absolute atomic E-state index is 0.0334. The molecule has 9 aromatic rings. The van der Waals surface area contributed by atoms with E-state index >= 15 is 0 Å². The molecule has 1 aliphatic carbocycles. The maximum atomic E-state index is 6.41. The van der Waals surface area contributed by atoms with Gasteiger partial charge in [-0.25, -0.2) is 15.0 Å². The van der Waals surface area contributed by atoms with E-state index in [-0.39, 0.29) is 12.0 Å². The minimum atomic E-state index is -0.131. The molecule has 2 aliphatic rings. The SMILES string of the molecule is C1=CC2Oc3ccccc3C2C(c2nc(-c3ccc(-c4ccccc4)cc3)nc(-c3cc(-c4cccc5oc6ccccc6c45)c4ccccc4c3)n2)=C1. The Morgan fingerprint density at radius 1 is 0.481 bits per heavy atom. The van der Waals surface area contributed by atoms with Gasteiger partial charge in [0.2, 0.25) is 0 Å². The van der Waals surface area contributed by atoms with E-state index in [9.17, 15) is 0 Å². The lowest BCUT2D eigenvalue weighted by Gasteiger charge is -2.22. The summed E-state index contributed by atoms with van der Waals surface area (Å²) in [6, 6.07) is 54.7. The number of aromatic nitrogens is 3. The number of ether oxygens (including phenoxy) is 1. The van der Waals surface area contributed by atoms with Crippen LogP contribution in [0.1, 0.15) is 17.3 Å². The zero-order valence-corrected chi connectivity index (χ0v) is 29.1. The van der Waals surface area contributed by atoms with E-state index in [1.165, 1.54) is 0 Å². The van der Waals surface area contributed by atoms with Gasteiger partial charge in [0.25, 0.3) is 0 Å². The second kappa shape index (κ2) is 12.2. The molecule has 1 aliphatic heterocycles. The van der Waals surface area contributed by atoms with Crippen molar-refractivity contribution in [3.63, 3.8) is 0 Å². The number of hydrogen-bond acceptors (Lipinski definition) is 5. The van der Waals surface area contributed by atoms with Crippen LogP contribution < -0.4 is 4.74 Å². The lowest BCUT2D eigenvalue weighted by molar-refractivity contribution is 0.271. The highest BCUT2D eigenvalue weighted by atomic mass is 16.5. The molecule has 2 aromatic heterocycles. The second-order valence-corrected chi connectivity index (χ2v) is 13.9. The number of furan rings is 1. The van der Waals surface area contributed by atoms with E-state index < -0.39 is 0 Å². The number of hydrogen-bond donors (Lipinski definition) is 0. The first-order valence-electron chi connectivity index (χ1n) is 18.3. The molecule has 0 amide bonds. The molecule has 2 atom stereocenters. The first kappa shape index (κ1) is 30.5. The molecule has 3 heterocycles. The quantitative estimate of drug-likeness (QED) is 0.180. The van der Waals surface area contributed by atoms with Crippen LogP contribution in [0.25, 0.3) is 83.3 Å². The largest absolute Gasteiger partial charge is 0.485 e. The zero-order chi connectivity index (χ0) is 35.6. The maximum Gasteiger partial charge on any atom is 0.164 e. The van der Waals surface area contributed by atoms with Gasteiger partial charge in [-0.2, -0.15) is 0 Å². The highest BCUT2D eigenvalue weighted by Gasteiger charge is 2.38. The molecule has 0 N–H and O–H groups in total. The van der Waals surface area contributed by atoms with Gasteiger partial charge in [0.1, 0.15) is 23.0 Å². The average molecular weight is 694 g/mol. The molecule has 254 valence electrons. The molecule has 2 unspecified atom stereocenters. The lowest BCUT2D eigenvalue weighted by Crippen LogP contribution is -2.20. The molecule has 0 saturated carbocycles. The number of benzene rings is 7. The number of nitrogens with zero attached hydrogens (tertiary/aromatic N) is 3. The topological polar surface area (TPSA) is 61.0 Å². The molecule has 5 heteroatoms. The Kier molecular flexibility index (Phi) is 6.92. The normalized spacial score (nSPS) is 16.0. The Hall–Kier alpha value is -7.11. The standard InChI is InChI=1S/C49H31N3O2/c1-2-12-30(13-3-1)31-24-26-32(27-25-31)47-50-48(52-49(51-47)39-19-11-23-44-46(39)38-17-7-9-21-42(38)54-44)34-28-33-14-4-5-15-35(33)40(29-34)36-18-10-22-43-45(36)37-16-6-8-20-41(37)53-43/h1-29,44,46H. The van der Waals surface area contributed by atoms with Crippen LogP contribution in [0.2, 0.25) is 0 Å². The predicted molar refractivity (Wildman–Crippen MR) is 217 cm³/mol. The smallest absolute Gasteiger partial charge is 0.164 e. The van der Waals surface area contributed by atoms with Crippen molar-refractivity contribution in [1.29, 1.82) is 0 Å². The summed E-state index contributed by atoms with van der Waals surface area (Å²) in [4.78, 5) is 15.7. The molecule has 54 heavy (non-hydrogen) atoms. The van der Waals surface area contributed by atoms with Crippen molar-refractivity contribution in [2.24, 2.45) is 0 Å². The van der Waals surface area contributed by atoms with Crippen molar-refractivity contribution in [2.75, 3.05) is 0 Å². The molecular formula is C49H31N3O2. The molecule has 0 spiro atoms. The van der Waals surface area contributed by atoms with E-state index in [4.69, 9.17) is 24.1 Å². The van der Waals surface area contributed by atoms with Crippen LogP contribution in [0.4, 0.5) is 0 Å². The van der Waals surface area contributed by atoms with Crippen LogP contribution in [0.15, 0.2) is 180 Å². The summed E-state index contributed by atoms with van der Waals surface area (Å²) in [6.07, 6.45) is 6.18. The van der Waals surface area contributed by atoms with E-state index in [1.807, 2.05) is 36.4 Å². The molecule has 5 nitrogen and oxygen atoms in total. The van der Waals surface area contributed by atoms with Crippen molar-refractivity contribution in [2.45, 2.75) is 12.0 Å². The van der Waals surface area contributed by atoms with E-state index in [1.54, 1.807) is 0 Å². The van der Waals surface area contributed by atoms with Crippen molar-refractivity contribution >= 4 is 38.3 Å². The fraction of sp³-hybridized carbons (Fsp3) is 0.0408. The number of fused-ring (bicyclic) bond motifs is 7. The highest BCUT2D eigenvalue weighted by molar-refractivity contribution is 6.15. The number of para-hydroxylation sites is 2. The van der Waals surface area contributed by atoms with Crippen molar-refractivity contribution in [3.05, 3.63) is 187 Å². The van der Waals surface area contributed by atoms with Gasteiger partial charge in [-0.1, -0.05) is 140 Å². The molecule has 0 radical (unpaired) electrons. The van der Waals surface area contributed by atoms with Gasteiger partial charge in [-0.15, -0.1) is 0 Å². The van der Waals surface area contributed by atoms with Crippen LogP contribution in [0.3, 0.4) is 0 Å². The zero-order valence-electron chi connectivity index (χ0n) is 29.1. The van der Waals surface area contributed by atoms with E-state index in [0.717, 1.165) is 83.0 Å². The summed E-state index contributed by atoms with van der Waals surface area (Å²) < 4.78 is 12.7. The number of allylic oxidation sites excluding steroid dienone is 2. The van der Waals surface area contributed by atoms with E-state index in [2.05, 4.69) is 140 Å². The summed E-state index contributed by atoms with van der Waals surface area (Å²) in [6.45, 7) is 0. The predicted octanol–water partition coefficient (Wildman–Crippen LogP) is 12.1. The van der Waals surface area contributed by atoms with Gasteiger partial charge < -0.3 is 9.15 Å². The third kappa shape index (κ3) is 4.97. The molecule has 11 rings (SSSR count). The molecule has 0 saturated heterocycles. The Labute approximate surface area is 311 Å².